The smallest absolute Gasteiger partial charge is 0.286 e. The number of nitrogens with zero attached hydrogens (tertiary/aromatic N) is 2. The van der Waals surface area contributed by atoms with Crippen LogP contribution in [0.4, 0.5) is 13.2 Å². The number of benzene rings is 1. The van der Waals surface area contributed by atoms with E-state index in [1.165, 1.54) is 31.3 Å². The molecule has 0 amide bonds. The average molecular weight is 350 g/mol. The fraction of sp³-hybridized carbons (Fsp3) is 0.176. The van der Waals surface area contributed by atoms with Crippen LogP contribution in [0, 0.1) is 5.82 Å². The Balaban J connectivity index is 1.94. The molecule has 3 nitrogen and oxygen atoms in total. The van der Waals surface area contributed by atoms with Crippen molar-refractivity contribution in [3.05, 3.63) is 64.4 Å². The van der Waals surface area contributed by atoms with Gasteiger partial charge in [-0.05, 0) is 30.3 Å². The zero-order valence-corrected chi connectivity index (χ0v) is 13.7. The van der Waals surface area contributed by atoms with E-state index in [-0.39, 0.29) is 11.3 Å². The average Bonchev–Trinajstić information content (AvgIpc) is 3.13. The molecule has 2 aromatic heterocycles. The van der Waals surface area contributed by atoms with Crippen molar-refractivity contribution in [1.82, 2.24) is 9.78 Å². The summed E-state index contributed by atoms with van der Waals surface area (Å²) in [6, 6.07) is 10.2. The van der Waals surface area contributed by atoms with E-state index in [1.54, 1.807) is 18.2 Å². The number of aromatic nitrogens is 2. The topological polar surface area (TPSA) is 34.9 Å². The van der Waals surface area contributed by atoms with Crippen molar-refractivity contribution in [3.63, 3.8) is 0 Å². The summed E-state index contributed by atoms with van der Waals surface area (Å²) in [5.41, 5.74) is 0.118. The third-order valence-corrected chi connectivity index (χ3v) is 4.64. The molecule has 3 rings (SSSR count). The number of ketones is 1. The zero-order chi connectivity index (χ0) is 17.5. The van der Waals surface area contributed by atoms with Crippen molar-refractivity contribution < 1.29 is 18.0 Å². The second-order valence-corrected chi connectivity index (χ2v) is 6.48. The van der Waals surface area contributed by atoms with Crippen LogP contribution in [0.5, 0.6) is 0 Å². The zero-order valence-electron chi connectivity index (χ0n) is 12.9. The maximum atomic E-state index is 13.7. The number of halogens is 3. The molecule has 0 saturated carbocycles. The van der Waals surface area contributed by atoms with Gasteiger partial charge < -0.3 is 0 Å². The monoisotopic (exact) mass is 350 g/mol. The van der Waals surface area contributed by atoms with Gasteiger partial charge in [-0.1, -0.05) is 12.1 Å². The second-order valence-electron chi connectivity index (χ2n) is 5.40. The Bertz CT molecular complexity index is 909. The summed E-state index contributed by atoms with van der Waals surface area (Å²) in [6.45, 7) is 0.801. The summed E-state index contributed by atoms with van der Waals surface area (Å²) in [5, 5.41) is 4.07. The molecule has 0 aliphatic rings. The highest BCUT2D eigenvalue weighted by molar-refractivity contribution is 7.17. The summed E-state index contributed by atoms with van der Waals surface area (Å²) < 4.78 is 41.8. The van der Waals surface area contributed by atoms with Gasteiger partial charge in [-0.25, -0.2) is 4.39 Å². The summed E-state index contributed by atoms with van der Waals surface area (Å²) in [6.07, 6.45) is 0. The second kappa shape index (κ2) is 5.90. The first kappa shape index (κ1) is 16.4. The molecule has 0 N–H and O–H groups in total. The van der Waals surface area contributed by atoms with Crippen molar-refractivity contribution in [2.45, 2.75) is 12.8 Å². The van der Waals surface area contributed by atoms with Gasteiger partial charge in [0.1, 0.15) is 17.2 Å². The lowest BCUT2D eigenvalue weighted by molar-refractivity contribution is 0.00882. The van der Waals surface area contributed by atoms with Gasteiger partial charge in [-0.2, -0.15) is 13.9 Å². The molecule has 7 heteroatoms. The molecule has 0 radical (unpaired) electrons. The molecule has 0 aliphatic heterocycles. The van der Waals surface area contributed by atoms with E-state index < -0.39 is 17.5 Å². The molecule has 0 fully saturated rings. The lowest BCUT2D eigenvalue weighted by Gasteiger charge is -2.08. The lowest BCUT2D eigenvalue weighted by atomic mass is 10.1. The molecular weight excluding hydrogens is 337 g/mol. The van der Waals surface area contributed by atoms with Gasteiger partial charge in [0.15, 0.2) is 0 Å². The highest BCUT2D eigenvalue weighted by atomic mass is 32.1. The van der Waals surface area contributed by atoms with Crippen LogP contribution in [-0.4, -0.2) is 15.6 Å². The van der Waals surface area contributed by atoms with Crippen LogP contribution in [-0.2, 0) is 13.0 Å². The van der Waals surface area contributed by atoms with Crippen LogP contribution in [0.15, 0.2) is 42.5 Å². The van der Waals surface area contributed by atoms with Crippen LogP contribution in [0.2, 0.25) is 0 Å². The van der Waals surface area contributed by atoms with Crippen molar-refractivity contribution in [2.24, 2.45) is 7.05 Å². The van der Waals surface area contributed by atoms with E-state index in [0.717, 1.165) is 22.9 Å². The predicted octanol–water partition coefficient (Wildman–Crippen LogP) is 4.63. The number of hydrogen-bond donors (Lipinski definition) is 0. The molecule has 1 aromatic carbocycles. The van der Waals surface area contributed by atoms with E-state index >= 15 is 0 Å². The normalized spacial score (nSPS) is 11.7. The van der Waals surface area contributed by atoms with E-state index in [2.05, 4.69) is 5.10 Å². The highest BCUT2D eigenvalue weighted by Crippen LogP contribution is 2.33. The minimum atomic E-state index is -3.01. The molecule has 2 heterocycles. The third-order valence-electron chi connectivity index (χ3n) is 3.53. The number of rotatable bonds is 4. The van der Waals surface area contributed by atoms with E-state index in [0.29, 0.717) is 15.4 Å². The molecular formula is C17H13F3N2OS. The molecule has 0 atom stereocenters. The molecule has 0 bridgehead atoms. The Morgan fingerprint density at radius 1 is 1.21 bits per heavy atom. The lowest BCUT2D eigenvalue weighted by Crippen LogP contribution is -2.12. The van der Waals surface area contributed by atoms with Crippen molar-refractivity contribution >= 4 is 17.1 Å². The van der Waals surface area contributed by atoms with Crippen molar-refractivity contribution in [1.29, 1.82) is 0 Å². The standard InChI is InChI=1S/C17H13F3N2OS/c1-17(19,20)15-9-12(21-22(15)2)13-7-8-14(24-13)16(23)10-5-3-4-6-11(10)18/h3-9H,1-2H3. The van der Waals surface area contributed by atoms with Gasteiger partial charge in [0.2, 0.25) is 5.78 Å². The van der Waals surface area contributed by atoms with E-state index in [1.807, 2.05) is 0 Å². The molecule has 24 heavy (non-hydrogen) atoms. The van der Waals surface area contributed by atoms with Gasteiger partial charge in [-0.3, -0.25) is 9.48 Å². The van der Waals surface area contributed by atoms with Crippen LogP contribution in [0.3, 0.4) is 0 Å². The number of carbonyl (C=O) groups excluding carboxylic acids is 1. The molecule has 0 saturated heterocycles. The summed E-state index contributed by atoms with van der Waals surface area (Å²) in [4.78, 5) is 13.3. The van der Waals surface area contributed by atoms with E-state index in [9.17, 15) is 18.0 Å². The summed E-state index contributed by atoms with van der Waals surface area (Å²) >= 11 is 1.09. The Morgan fingerprint density at radius 3 is 2.54 bits per heavy atom. The number of thiophene rings is 1. The quantitative estimate of drug-likeness (QED) is 0.643. The van der Waals surface area contributed by atoms with Crippen molar-refractivity contribution in [2.75, 3.05) is 0 Å². The summed E-state index contributed by atoms with van der Waals surface area (Å²) in [7, 11) is 1.44. The Morgan fingerprint density at radius 2 is 1.92 bits per heavy atom. The van der Waals surface area contributed by atoms with Crippen LogP contribution in [0.1, 0.15) is 27.9 Å². The molecule has 0 spiro atoms. The van der Waals surface area contributed by atoms with Gasteiger partial charge in [0.25, 0.3) is 5.92 Å². The van der Waals surface area contributed by atoms with Crippen LogP contribution >= 0.6 is 11.3 Å². The molecule has 3 aromatic rings. The van der Waals surface area contributed by atoms with Gasteiger partial charge in [-0.15, -0.1) is 11.3 Å². The third kappa shape index (κ3) is 2.99. The largest absolute Gasteiger partial charge is 0.288 e. The molecule has 0 unspecified atom stereocenters. The molecule has 124 valence electrons. The van der Waals surface area contributed by atoms with Gasteiger partial charge in [0, 0.05) is 14.0 Å². The predicted molar refractivity (Wildman–Crippen MR) is 85.9 cm³/mol. The first-order valence-electron chi connectivity index (χ1n) is 7.09. The first-order chi connectivity index (χ1) is 11.3. The molecule has 0 aliphatic carbocycles. The van der Waals surface area contributed by atoms with Crippen molar-refractivity contribution in [3.8, 4) is 10.6 Å². The highest BCUT2D eigenvalue weighted by Gasteiger charge is 2.29. The number of hydrogen-bond acceptors (Lipinski definition) is 3. The fourth-order valence-electron chi connectivity index (χ4n) is 2.37. The number of carbonyl (C=O) groups is 1. The maximum Gasteiger partial charge on any atom is 0.286 e. The van der Waals surface area contributed by atoms with Gasteiger partial charge >= 0.3 is 0 Å². The van der Waals surface area contributed by atoms with Gasteiger partial charge in [0.05, 0.1) is 15.3 Å². The SMILES string of the molecule is Cn1nc(-c2ccc(C(=O)c3ccccc3F)s2)cc1C(C)(F)F. The Hall–Kier alpha value is -2.41. The van der Waals surface area contributed by atoms with Crippen LogP contribution in [0.25, 0.3) is 10.6 Å². The first-order valence-corrected chi connectivity index (χ1v) is 7.91. The minimum absolute atomic E-state index is 0.0206. The number of aryl methyl sites for hydroxylation is 1. The Kier molecular flexibility index (Phi) is 4.04. The van der Waals surface area contributed by atoms with E-state index in [4.69, 9.17) is 0 Å². The van der Waals surface area contributed by atoms with Crippen LogP contribution < -0.4 is 0 Å². The Labute approximate surface area is 140 Å². The fourth-order valence-corrected chi connectivity index (χ4v) is 3.29. The number of alkyl halides is 2. The summed E-state index contributed by atoms with van der Waals surface area (Å²) in [5.74, 6) is -4.05. The maximum absolute atomic E-state index is 13.7. The minimum Gasteiger partial charge on any atom is -0.288 e.